The van der Waals surface area contributed by atoms with Crippen LogP contribution in [0.25, 0.3) is 0 Å². The minimum Gasteiger partial charge on any atom is -0.480 e. The van der Waals surface area contributed by atoms with Crippen LogP contribution >= 0.6 is 0 Å². The van der Waals surface area contributed by atoms with Gasteiger partial charge in [-0.05, 0) is 44.2 Å². The Bertz CT molecular complexity index is 633. The Morgan fingerprint density at radius 2 is 1.88 bits per heavy atom. The zero-order chi connectivity index (χ0) is 17.3. The minimum atomic E-state index is -0.990. The summed E-state index contributed by atoms with van der Waals surface area (Å²) in [4.78, 5) is 23.5. The van der Waals surface area contributed by atoms with Crippen molar-refractivity contribution in [1.29, 1.82) is 0 Å². The summed E-state index contributed by atoms with van der Waals surface area (Å²) in [5, 5.41) is 14.6. The summed E-state index contributed by atoms with van der Waals surface area (Å²) >= 11 is 0. The van der Waals surface area contributed by atoms with Crippen LogP contribution in [0.5, 0.6) is 0 Å². The average Bonchev–Trinajstić information content (AvgIpc) is 2.52. The van der Waals surface area contributed by atoms with E-state index in [1.807, 2.05) is 0 Å². The van der Waals surface area contributed by atoms with Gasteiger partial charge in [0.1, 0.15) is 17.7 Å². The van der Waals surface area contributed by atoms with E-state index in [0.717, 1.165) is 6.42 Å². The molecular formula is C17H20F2N2O3. The third kappa shape index (κ3) is 3.00. The van der Waals surface area contributed by atoms with Crippen LogP contribution in [-0.2, 0) is 15.1 Å². The molecular weight excluding hydrogens is 318 g/mol. The molecule has 2 unspecified atom stereocenters. The van der Waals surface area contributed by atoms with Gasteiger partial charge in [-0.2, -0.15) is 0 Å². The smallest absolute Gasteiger partial charge is 0.320 e. The Balaban J connectivity index is 1.72. The zero-order valence-electron chi connectivity index (χ0n) is 13.1. The second-order valence-corrected chi connectivity index (χ2v) is 6.59. The van der Waals surface area contributed by atoms with Gasteiger partial charge in [-0.25, -0.2) is 8.78 Å². The first-order valence-corrected chi connectivity index (χ1v) is 8.16. The van der Waals surface area contributed by atoms with E-state index in [1.54, 1.807) is 0 Å². The van der Waals surface area contributed by atoms with Crippen molar-refractivity contribution in [1.82, 2.24) is 10.6 Å². The molecule has 1 amide bonds. The number of benzene rings is 1. The first-order chi connectivity index (χ1) is 11.4. The maximum atomic E-state index is 14.1. The van der Waals surface area contributed by atoms with E-state index in [2.05, 4.69) is 10.6 Å². The SMILES string of the molecule is O=C(NC1(c2c(F)cccc2F)CCC1)C1CCC(C(=O)O)NC1. The van der Waals surface area contributed by atoms with Gasteiger partial charge in [0.15, 0.2) is 0 Å². The van der Waals surface area contributed by atoms with Crippen LogP contribution in [0, 0.1) is 17.6 Å². The van der Waals surface area contributed by atoms with Gasteiger partial charge in [0.25, 0.3) is 0 Å². The molecule has 0 aromatic heterocycles. The highest BCUT2D eigenvalue weighted by atomic mass is 19.1. The van der Waals surface area contributed by atoms with E-state index in [4.69, 9.17) is 5.11 Å². The monoisotopic (exact) mass is 338 g/mol. The fraction of sp³-hybridized carbons (Fsp3) is 0.529. The topological polar surface area (TPSA) is 78.4 Å². The zero-order valence-corrected chi connectivity index (χ0v) is 13.1. The molecule has 0 bridgehead atoms. The molecule has 1 aromatic rings. The molecule has 1 heterocycles. The summed E-state index contributed by atoms with van der Waals surface area (Å²) < 4.78 is 28.3. The van der Waals surface area contributed by atoms with Crippen molar-refractivity contribution in [2.75, 3.05) is 6.54 Å². The van der Waals surface area contributed by atoms with Crippen molar-refractivity contribution in [3.8, 4) is 0 Å². The summed E-state index contributed by atoms with van der Waals surface area (Å²) in [6.45, 7) is 0.249. The number of amides is 1. The first-order valence-electron chi connectivity index (χ1n) is 8.16. The Morgan fingerprint density at radius 1 is 1.21 bits per heavy atom. The molecule has 1 aliphatic carbocycles. The fourth-order valence-corrected chi connectivity index (χ4v) is 3.55. The van der Waals surface area contributed by atoms with E-state index >= 15 is 0 Å². The van der Waals surface area contributed by atoms with Crippen LogP contribution in [0.1, 0.15) is 37.7 Å². The van der Waals surface area contributed by atoms with Crippen molar-refractivity contribution < 1.29 is 23.5 Å². The van der Waals surface area contributed by atoms with Crippen LogP contribution in [-0.4, -0.2) is 29.6 Å². The summed E-state index contributed by atoms with van der Waals surface area (Å²) in [7, 11) is 0. The molecule has 2 aliphatic rings. The molecule has 7 heteroatoms. The molecule has 2 atom stereocenters. The molecule has 24 heavy (non-hydrogen) atoms. The number of nitrogens with one attached hydrogen (secondary N) is 2. The number of carbonyl (C=O) groups is 2. The van der Waals surface area contributed by atoms with Crippen LogP contribution in [0.4, 0.5) is 8.78 Å². The average molecular weight is 338 g/mol. The van der Waals surface area contributed by atoms with Gasteiger partial charge < -0.3 is 15.7 Å². The highest BCUT2D eigenvalue weighted by molar-refractivity contribution is 5.81. The first kappa shape index (κ1) is 16.8. The largest absolute Gasteiger partial charge is 0.480 e. The van der Waals surface area contributed by atoms with E-state index in [1.165, 1.54) is 18.2 Å². The van der Waals surface area contributed by atoms with E-state index in [0.29, 0.717) is 25.7 Å². The molecule has 0 spiro atoms. The molecule has 3 N–H and O–H groups in total. The third-order valence-electron chi connectivity index (χ3n) is 5.09. The molecule has 0 radical (unpaired) electrons. The predicted octanol–water partition coefficient (Wildman–Crippen LogP) is 1.91. The van der Waals surface area contributed by atoms with Crippen molar-refractivity contribution in [3.05, 3.63) is 35.4 Å². The second-order valence-electron chi connectivity index (χ2n) is 6.59. The maximum Gasteiger partial charge on any atom is 0.320 e. The molecule has 1 aliphatic heterocycles. The highest BCUT2D eigenvalue weighted by Gasteiger charge is 2.45. The van der Waals surface area contributed by atoms with Crippen molar-refractivity contribution >= 4 is 11.9 Å². The predicted molar refractivity (Wildman–Crippen MR) is 82.2 cm³/mol. The highest BCUT2D eigenvalue weighted by Crippen LogP contribution is 2.43. The Kier molecular flexibility index (Phi) is 4.54. The number of halogens is 2. The van der Waals surface area contributed by atoms with E-state index in [9.17, 15) is 18.4 Å². The lowest BCUT2D eigenvalue weighted by Crippen LogP contribution is -2.56. The summed E-state index contributed by atoms with van der Waals surface area (Å²) in [5.41, 5.74) is -1.06. The summed E-state index contributed by atoms with van der Waals surface area (Å²) in [5.74, 6) is -2.91. The van der Waals surface area contributed by atoms with E-state index in [-0.39, 0.29) is 18.0 Å². The third-order valence-corrected chi connectivity index (χ3v) is 5.09. The quantitative estimate of drug-likeness (QED) is 0.784. The van der Waals surface area contributed by atoms with Crippen molar-refractivity contribution in [2.24, 2.45) is 5.92 Å². The molecule has 130 valence electrons. The molecule has 5 nitrogen and oxygen atoms in total. The standard InChI is InChI=1S/C17H20F2N2O3/c18-11-3-1-4-12(19)14(11)17(7-2-8-17)21-15(22)10-5-6-13(16(23)24)20-9-10/h1,3-4,10,13,20H,2,5-9H2,(H,21,22)(H,23,24). The number of hydrogen-bond donors (Lipinski definition) is 3. The van der Waals surface area contributed by atoms with Crippen molar-refractivity contribution in [3.63, 3.8) is 0 Å². The lowest BCUT2D eigenvalue weighted by atomic mass is 9.71. The number of carboxylic acid groups (broad SMARTS) is 1. The molecule has 3 rings (SSSR count). The van der Waals surface area contributed by atoms with Gasteiger partial charge in [-0.15, -0.1) is 0 Å². The second kappa shape index (κ2) is 6.47. The lowest BCUT2D eigenvalue weighted by molar-refractivity contribution is -0.141. The maximum absolute atomic E-state index is 14.1. The Morgan fingerprint density at radius 3 is 2.33 bits per heavy atom. The normalized spacial score (nSPS) is 25.6. The molecule has 1 saturated heterocycles. The van der Waals surface area contributed by atoms with Gasteiger partial charge in [-0.3, -0.25) is 9.59 Å². The number of hydrogen-bond acceptors (Lipinski definition) is 3. The van der Waals surface area contributed by atoms with E-state index < -0.39 is 35.1 Å². The van der Waals surface area contributed by atoms with Crippen LogP contribution < -0.4 is 10.6 Å². The van der Waals surface area contributed by atoms with Gasteiger partial charge in [0, 0.05) is 12.1 Å². The summed E-state index contributed by atoms with van der Waals surface area (Å²) in [6.07, 6.45) is 2.57. The van der Waals surface area contributed by atoms with Crippen LogP contribution in [0.3, 0.4) is 0 Å². The lowest BCUT2D eigenvalue weighted by Gasteiger charge is -2.44. The van der Waals surface area contributed by atoms with Gasteiger partial charge in [-0.1, -0.05) is 6.07 Å². The number of aliphatic carboxylic acids is 1. The number of carboxylic acids is 1. The Labute approximate surface area is 138 Å². The molecule has 2 fully saturated rings. The number of piperidine rings is 1. The van der Waals surface area contributed by atoms with Crippen LogP contribution in [0.2, 0.25) is 0 Å². The van der Waals surface area contributed by atoms with Crippen molar-refractivity contribution in [2.45, 2.75) is 43.7 Å². The summed E-state index contributed by atoms with van der Waals surface area (Å²) in [6, 6.07) is 3.06. The van der Waals surface area contributed by atoms with Gasteiger partial charge in [0.05, 0.1) is 11.5 Å². The fourth-order valence-electron chi connectivity index (χ4n) is 3.55. The minimum absolute atomic E-state index is 0.0724. The van der Waals surface area contributed by atoms with Gasteiger partial charge in [0.2, 0.25) is 5.91 Å². The molecule has 1 aromatic carbocycles. The molecule has 1 saturated carbocycles. The number of carbonyl (C=O) groups excluding carboxylic acids is 1. The number of rotatable bonds is 4. The Hall–Kier alpha value is -2.02. The van der Waals surface area contributed by atoms with Crippen LogP contribution in [0.15, 0.2) is 18.2 Å². The van der Waals surface area contributed by atoms with Gasteiger partial charge >= 0.3 is 5.97 Å².